The van der Waals surface area contributed by atoms with Crippen LogP contribution >= 0.6 is 20.8 Å². The summed E-state index contributed by atoms with van der Waals surface area (Å²) >= 11 is 5.99. The molecule has 5 nitrogen and oxygen atoms in total. The lowest BCUT2D eigenvalue weighted by Gasteiger charge is -2.19. The molecule has 1 aromatic carbocycles. The number of pyridine rings is 2. The third-order valence-corrected chi connectivity index (χ3v) is 5.69. The van der Waals surface area contributed by atoms with Gasteiger partial charge in [0, 0.05) is 46.6 Å². The van der Waals surface area contributed by atoms with E-state index in [0.717, 1.165) is 41.8 Å². The third-order valence-electron chi connectivity index (χ3n) is 5.16. The van der Waals surface area contributed by atoms with Gasteiger partial charge in [-0.25, -0.2) is 9.37 Å². The van der Waals surface area contributed by atoms with Crippen LogP contribution in [0.3, 0.4) is 0 Å². The average Bonchev–Trinajstić information content (AvgIpc) is 2.80. The molecule has 0 spiro atoms. The number of fused-ring (bicyclic) bond motifs is 1. The normalized spacial score (nSPS) is 14.4. The van der Waals surface area contributed by atoms with E-state index in [1.807, 2.05) is 25.3 Å². The van der Waals surface area contributed by atoms with Crippen LogP contribution in [0.2, 0.25) is 5.02 Å². The molecule has 0 amide bonds. The van der Waals surface area contributed by atoms with Gasteiger partial charge >= 0.3 is 0 Å². The van der Waals surface area contributed by atoms with Crippen LogP contribution in [0.5, 0.6) is 0 Å². The maximum atomic E-state index is 14.2. The van der Waals surface area contributed by atoms with Crippen molar-refractivity contribution in [2.24, 2.45) is 4.99 Å². The quantitative estimate of drug-likeness (QED) is 0.386. The Labute approximate surface area is 193 Å². The largest absolute Gasteiger partial charge is 0.370 e. The summed E-state index contributed by atoms with van der Waals surface area (Å²) in [6, 6.07) is 9.61. The molecule has 3 aromatic rings. The van der Waals surface area contributed by atoms with Gasteiger partial charge in [-0.05, 0) is 55.1 Å². The molecular formula is C24H22ClFN5P. The molecule has 0 radical (unpaired) electrons. The van der Waals surface area contributed by atoms with Crippen LogP contribution in [0.25, 0.3) is 22.2 Å². The van der Waals surface area contributed by atoms with E-state index in [4.69, 9.17) is 17.0 Å². The van der Waals surface area contributed by atoms with Gasteiger partial charge in [0.1, 0.15) is 11.7 Å². The molecule has 0 bridgehead atoms. The molecule has 3 heterocycles. The number of aliphatic imine (C=N–C) groups is 1. The Kier molecular flexibility index (Phi) is 6.45. The Hall–Kier alpha value is -2.95. The third kappa shape index (κ3) is 4.47. The minimum absolute atomic E-state index is 0.0666. The van der Waals surface area contributed by atoms with Gasteiger partial charge in [0.05, 0.1) is 22.4 Å². The maximum absolute atomic E-state index is 14.2. The predicted octanol–water partition coefficient (Wildman–Crippen LogP) is 5.50. The zero-order valence-corrected chi connectivity index (χ0v) is 19.5. The molecule has 0 aliphatic carbocycles. The van der Waals surface area contributed by atoms with Crippen molar-refractivity contribution in [3.63, 3.8) is 0 Å². The molecule has 2 N–H and O–H groups in total. The van der Waals surface area contributed by atoms with Crippen molar-refractivity contribution in [3.05, 3.63) is 82.1 Å². The van der Waals surface area contributed by atoms with Crippen LogP contribution in [0.1, 0.15) is 30.2 Å². The fourth-order valence-corrected chi connectivity index (χ4v) is 4.02. The van der Waals surface area contributed by atoms with E-state index >= 15 is 0 Å². The molecule has 1 aliphatic heterocycles. The number of amidine groups is 1. The second-order valence-corrected chi connectivity index (χ2v) is 8.81. The van der Waals surface area contributed by atoms with E-state index in [1.165, 1.54) is 18.2 Å². The zero-order valence-electron chi connectivity index (χ0n) is 17.5. The monoisotopic (exact) mass is 465 g/mol. The van der Waals surface area contributed by atoms with Crippen LogP contribution in [-0.4, -0.2) is 34.6 Å². The molecule has 0 saturated heterocycles. The Morgan fingerprint density at radius 3 is 2.75 bits per heavy atom. The Balaban J connectivity index is 1.73. The molecule has 32 heavy (non-hydrogen) atoms. The molecule has 0 saturated carbocycles. The number of halogens is 2. The molecule has 8 heteroatoms. The van der Waals surface area contributed by atoms with E-state index in [1.54, 1.807) is 6.07 Å². The highest BCUT2D eigenvalue weighted by molar-refractivity contribution is 7.23. The summed E-state index contributed by atoms with van der Waals surface area (Å²) in [4.78, 5) is 13.9. The van der Waals surface area contributed by atoms with Gasteiger partial charge in [0.25, 0.3) is 0 Å². The first-order chi connectivity index (χ1) is 15.3. The molecule has 162 valence electrons. The van der Waals surface area contributed by atoms with E-state index < -0.39 is 5.82 Å². The zero-order chi connectivity index (χ0) is 22.8. The maximum Gasteiger partial charge on any atom is 0.132 e. The van der Waals surface area contributed by atoms with E-state index in [-0.39, 0.29) is 11.3 Å². The highest BCUT2D eigenvalue weighted by Gasteiger charge is 2.17. The fourth-order valence-electron chi connectivity index (χ4n) is 3.54. The summed E-state index contributed by atoms with van der Waals surface area (Å²) in [6.07, 6.45) is 2.82. The van der Waals surface area contributed by atoms with Gasteiger partial charge in [0.15, 0.2) is 0 Å². The van der Waals surface area contributed by atoms with Gasteiger partial charge in [-0.2, -0.15) is 0 Å². The van der Waals surface area contributed by atoms with Gasteiger partial charge in [-0.15, -0.1) is 9.24 Å². The first kappa shape index (κ1) is 22.3. The van der Waals surface area contributed by atoms with Crippen LogP contribution in [0, 0.1) is 11.2 Å². The number of nitrogens with zero attached hydrogens (tertiary/aromatic N) is 3. The molecule has 2 aromatic heterocycles. The van der Waals surface area contributed by atoms with Crippen molar-refractivity contribution in [3.8, 4) is 0 Å². The minimum atomic E-state index is -0.531. The number of allylic oxidation sites excluding steroid dienone is 2. The van der Waals surface area contributed by atoms with Crippen LogP contribution in [0.15, 0.2) is 59.5 Å². The Bertz CT molecular complexity index is 1310. The molecule has 1 atom stereocenters. The molecular weight excluding hydrogens is 444 g/mol. The topological polar surface area (TPSA) is 74.0 Å². The lowest BCUT2D eigenvalue weighted by molar-refractivity contribution is 0.625. The van der Waals surface area contributed by atoms with Crippen LogP contribution in [-0.2, 0) is 0 Å². The number of hydrogen-bond donors (Lipinski definition) is 2. The standard InChI is InChI=1S/C24H22ClFN5P/c1-13(23(27)17-11-16(25)4-5-18(17)26)19-6-7-20-21(31-19)10-15(12-30-20)22(14(2)32)24-28-8-3-9-29-24/h4-7,10-12,27H,1,3,8-9,32H2,2H3,(H,28,29)/b22-14-,27-23?. The average molecular weight is 466 g/mol. The fraction of sp³-hybridized carbons (Fsp3) is 0.167. The van der Waals surface area contributed by atoms with Crippen molar-refractivity contribution in [1.29, 1.82) is 5.41 Å². The van der Waals surface area contributed by atoms with Crippen LogP contribution < -0.4 is 5.32 Å². The number of hydrogen-bond acceptors (Lipinski definition) is 5. The molecule has 1 aliphatic rings. The second-order valence-electron chi connectivity index (χ2n) is 7.51. The lowest BCUT2D eigenvalue weighted by atomic mass is 10.00. The summed E-state index contributed by atoms with van der Waals surface area (Å²) < 4.78 is 14.2. The van der Waals surface area contributed by atoms with E-state index in [0.29, 0.717) is 27.3 Å². The summed E-state index contributed by atoms with van der Waals surface area (Å²) in [5.74, 6) is 0.320. The first-order valence-corrected chi connectivity index (χ1v) is 11.1. The first-order valence-electron chi connectivity index (χ1n) is 10.1. The van der Waals surface area contributed by atoms with Gasteiger partial charge in [0.2, 0.25) is 0 Å². The van der Waals surface area contributed by atoms with Crippen LogP contribution in [0.4, 0.5) is 4.39 Å². The highest BCUT2D eigenvalue weighted by atomic mass is 35.5. The number of rotatable bonds is 5. The van der Waals surface area contributed by atoms with Crippen molar-refractivity contribution in [2.45, 2.75) is 13.3 Å². The van der Waals surface area contributed by atoms with Crippen molar-refractivity contribution in [2.75, 3.05) is 13.1 Å². The Morgan fingerprint density at radius 1 is 1.22 bits per heavy atom. The molecule has 4 rings (SSSR count). The van der Waals surface area contributed by atoms with E-state index in [9.17, 15) is 4.39 Å². The summed E-state index contributed by atoms with van der Waals surface area (Å²) in [5.41, 5.74) is 4.03. The lowest BCUT2D eigenvalue weighted by Crippen LogP contribution is -2.30. The number of benzene rings is 1. The molecule has 0 fully saturated rings. The van der Waals surface area contributed by atoms with Gasteiger partial charge in [-0.3, -0.25) is 15.4 Å². The van der Waals surface area contributed by atoms with Crippen molar-refractivity contribution < 1.29 is 4.39 Å². The second kappa shape index (κ2) is 9.27. The summed E-state index contributed by atoms with van der Waals surface area (Å²) in [6.45, 7) is 7.66. The summed E-state index contributed by atoms with van der Waals surface area (Å²) in [7, 11) is 2.73. The van der Waals surface area contributed by atoms with Gasteiger partial charge in [-0.1, -0.05) is 18.2 Å². The van der Waals surface area contributed by atoms with Crippen molar-refractivity contribution >= 4 is 54.6 Å². The smallest absolute Gasteiger partial charge is 0.132 e. The molecule has 1 unspecified atom stereocenters. The highest BCUT2D eigenvalue weighted by Crippen LogP contribution is 2.27. The van der Waals surface area contributed by atoms with Gasteiger partial charge < -0.3 is 5.32 Å². The SMILES string of the molecule is C=C(C(=N)c1cc(Cl)ccc1F)c1ccc2ncc(/C(C3=NCCCN3)=C(\C)P)cc2n1. The number of aromatic nitrogens is 2. The van der Waals surface area contributed by atoms with Crippen molar-refractivity contribution in [1.82, 2.24) is 15.3 Å². The minimum Gasteiger partial charge on any atom is -0.370 e. The predicted molar refractivity (Wildman–Crippen MR) is 134 cm³/mol. The Morgan fingerprint density at radius 2 is 2.03 bits per heavy atom. The van der Waals surface area contributed by atoms with E-state index in [2.05, 4.69) is 36.1 Å². The number of nitrogens with one attached hydrogen (secondary N) is 2. The summed E-state index contributed by atoms with van der Waals surface area (Å²) in [5, 5.41) is 13.2.